The number of carbonyl (C=O) groups is 2. The Bertz CT molecular complexity index is 927. The van der Waals surface area contributed by atoms with E-state index in [1.54, 1.807) is 0 Å². The van der Waals surface area contributed by atoms with Crippen LogP contribution in [0.25, 0.3) is 0 Å². The minimum atomic E-state index is -1.98. The largest absolute Gasteiger partial charge is 0.543 e. The second-order valence-corrected chi connectivity index (χ2v) is 17.2. The zero-order valence-corrected chi connectivity index (χ0v) is 26.3. The standard InChI is InChI=1S/C26H43ClO6Si2/c1-13-14-31-24(29)19-18(15-28)21(32-34(11)25(6,7)16(2)3)23(22(30-10)20(19)27)33-35(12)26(8,9)17(4)5/h13,15-17,34-35H,1,14H2,2-12H3. The fraction of sp³-hybridized carbons (Fsp3) is 0.615. The number of hydrogen-bond acceptors (Lipinski definition) is 6. The van der Waals surface area contributed by atoms with E-state index in [9.17, 15) is 9.59 Å². The summed E-state index contributed by atoms with van der Waals surface area (Å²) in [7, 11) is -2.46. The monoisotopic (exact) mass is 542 g/mol. The molecule has 0 aliphatic rings. The van der Waals surface area contributed by atoms with Crippen LogP contribution < -0.4 is 13.6 Å². The minimum absolute atomic E-state index is 0.0160. The van der Waals surface area contributed by atoms with Crippen molar-refractivity contribution in [3.05, 3.63) is 28.8 Å². The minimum Gasteiger partial charge on any atom is -0.543 e. The number of carbonyl (C=O) groups excluding carboxylic acids is 2. The summed E-state index contributed by atoms with van der Waals surface area (Å²) in [6.45, 7) is 25.0. The highest BCUT2D eigenvalue weighted by atomic mass is 35.5. The van der Waals surface area contributed by atoms with Crippen LogP contribution in [0.5, 0.6) is 17.2 Å². The smallest absolute Gasteiger partial charge is 0.340 e. The highest BCUT2D eigenvalue weighted by Gasteiger charge is 2.39. The van der Waals surface area contributed by atoms with Crippen LogP contribution in [-0.4, -0.2) is 44.1 Å². The molecule has 0 N–H and O–H groups in total. The molecule has 6 nitrogen and oxygen atoms in total. The zero-order valence-electron chi connectivity index (χ0n) is 23.2. The van der Waals surface area contributed by atoms with Crippen molar-refractivity contribution in [3.8, 4) is 17.2 Å². The lowest BCUT2D eigenvalue weighted by Crippen LogP contribution is -2.37. The number of esters is 1. The van der Waals surface area contributed by atoms with Crippen molar-refractivity contribution >= 4 is 41.9 Å². The van der Waals surface area contributed by atoms with E-state index in [0.29, 0.717) is 18.1 Å². The van der Waals surface area contributed by atoms with Crippen LogP contribution in [0.4, 0.5) is 0 Å². The highest BCUT2D eigenvalue weighted by Crippen LogP contribution is 2.51. The zero-order chi connectivity index (χ0) is 27.3. The number of rotatable bonds is 13. The summed E-state index contributed by atoms with van der Waals surface area (Å²) < 4.78 is 24.1. The average molecular weight is 543 g/mol. The number of ether oxygens (including phenoxy) is 2. The third-order valence-corrected chi connectivity index (χ3v) is 14.9. The normalized spacial score (nSPS) is 13.9. The van der Waals surface area contributed by atoms with Crippen molar-refractivity contribution in [3.63, 3.8) is 0 Å². The van der Waals surface area contributed by atoms with Crippen molar-refractivity contribution < 1.29 is 27.9 Å². The van der Waals surface area contributed by atoms with E-state index < -0.39 is 24.0 Å². The second kappa shape index (κ2) is 12.5. The van der Waals surface area contributed by atoms with Gasteiger partial charge in [-0.05, 0) is 35.0 Å². The molecule has 0 aliphatic carbocycles. The van der Waals surface area contributed by atoms with Crippen molar-refractivity contribution in [2.45, 2.75) is 78.6 Å². The van der Waals surface area contributed by atoms with Gasteiger partial charge in [-0.1, -0.05) is 79.6 Å². The van der Waals surface area contributed by atoms with Gasteiger partial charge < -0.3 is 18.3 Å². The van der Waals surface area contributed by atoms with Gasteiger partial charge in [-0.2, -0.15) is 0 Å². The van der Waals surface area contributed by atoms with E-state index in [1.807, 2.05) is 0 Å². The van der Waals surface area contributed by atoms with Gasteiger partial charge in [-0.15, -0.1) is 0 Å². The van der Waals surface area contributed by atoms with E-state index in [-0.39, 0.29) is 50.1 Å². The van der Waals surface area contributed by atoms with E-state index in [0.717, 1.165) is 0 Å². The molecule has 1 aromatic rings. The lowest BCUT2D eigenvalue weighted by atomic mass is 9.99. The molecule has 1 rings (SSSR count). The maximum absolute atomic E-state index is 13.0. The topological polar surface area (TPSA) is 71.1 Å². The SMILES string of the molecule is C=CCOC(=O)c1c(Cl)c(OC)c(O[SiH](C)C(C)(C)C(C)C)c(O[SiH](C)C(C)(C)C(C)C)c1C=O. The molecule has 0 spiro atoms. The van der Waals surface area contributed by atoms with E-state index in [4.69, 9.17) is 29.9 Å². The molecule has 0 saturated carbocycles. The van der Waals surface area contributed by atoms with Gasteiger partial charge in [0.25, 0.3) is 0 Å². The van der Waals surface area contributed by atoms with Crippen LogP contribution in [0.2, 0.25) is 28.2 Å². The molecular weight excluding hydrogens is 500 g/mol. The summed E-state index contributed by atoms with van der Waals surface area (Å²) in [5.74, 6) is 0.608. The molecule has 2 unspecified atom stereocenters. The molecule has 198 valence electrons. The fourth-order valence-electron chi connectivity index (χ4n) is 3.19. The number of hydrogen-bond donors (Lipinski definition) is 0. The Hall–Kier alpha value is -1.78. The predicted octanol–water partition coefficient (Wildman–Crippen LogP) is 6.84. The summed E-state index contributed by atoms with van der Waals surface area (Å²) >= 11 is 6.66. The Kier molecular flexibility index (Phi) is 11.1. The summed E-state index contributed by atoms with van der Waals surface area (Å²) in [4.78, 5) is 25.4. The maximum atomic E-state index is 13.0. The van der Waals surface area contributed by atoms with Gasteiger partial charge in [-0.3, -0.25) is 4.79 Å². The molecule has 0 aliphatic heterocycles. The average Bonchev–Trinajstić information content (AvgIpc) is 2.78. The summed E-state index contributed by atoms with van der Waals surface area (Å²) in [5, 5.41) is -0.238. The molecule has 0 aromatic heterocycles. The first-order chi connectivity index (χ1) is 16.1. The van der Waals surface area contributed by atoms with E-state index in [1.165, 1.54) is 13.2 Å². The molecule has 0 amide bonds. The molecule has 2 atom stereocenters. The molecule has 0 fully saturated rings. The molecule has 1 aromatic carbocycles. The number of methoxy groups -OCH3 is 1. The van der Waals surface area contributed by atoms with Gasteiger partial charge in [0.05, 0.1) is 18.2 Å². The first-order valence-electron chi connectivity index (χ1n) is 12.1. The molecule has 0 bridgehead atoms. The van der Waals surface area contributed by atoms with Crippen molar-refractivity contribution in [2.75, 3.05) is 13.7 Å². The Labute approximate surface area is 219 Å². The molecule has 0 radical (unpaired) electrons. The Morgan fingerprint density at radius 1 is 0.971 bits per heavy atom. The second-order valence-electron chi connectivity index (χ2n) is 10.8. The van der Waals surface area contributed by atoms with Gasteiger partial charge in [0.1, 0.15) is 11.6 Å². The lowest BCUT2D eigenvalue weighted by molar-refractivity contribution is 0.0547. The summed E-state index contributed by atoms with van der Waals surface area (Å²) in [6.07, 6.45) is 2.03. The van der Waals surface area contributed by atoms with Gasteiger partial charge in [0.15, 0.2) is 23.5 Å². The van der Waals surface area contributed by atoms with E-state index in [2.05, 4.69) is 75.1 Å². The van der Waals surface area contributed by atoms with Crippen LogP contribution in [-0.2, 0) is 4.74 Å². The number of benzene rings is 1. The quantitative estimate of drug-likeness (QED) is 0.117. The molecule has 35 heavy (non-hydrogen) atoms. The van der Waals surface area contributed by atoms with Gasteiger partial charge in [0, 0.05) is 0 Å². The van der Waals surface area contributed by atoms with Gasteiger partial charge in [-0.25, -0.2) is 4.79 Å². The summed E-state index contributed by atoms with van der Waals surface area (Å²) in [5.41, 5.74) is -0.0777. The predicted molar refractivity (Wildman–Crippen MR) is 149 cm³/mol. The first-order valence-corrected chi connectivity index (χ1v) is 16.9. The Morgan fingerprint density at radius 3 is 1.80 bits per heavy atom. The number of halogens is 1. The molecule has 0 saturated heterocycles. The van der Waals surface area contributed by atoms with Crippen LogP contribution in [0, 0.1) is 11.8 Å². The van der Waals surface area contributed by atoms with Crippen LogP contribution in [0.3, 0.4) is 0 Å². The third kappa shape index (κ3) is 6.71. The van der Waals surface area contributed by atoms with Crippen molar-refractivity contribution in [1.29, 1.82) is 0 Å². The van der Waals surface area contributed by atoms with E-state index >= 15 is 0 Å². The Balaban J connectivity index is 3.94. The third-order valence-electron chi connectivity index (χ3n) is 7.86. The van der Waals surface area contributed by atoms with Gasteiger partial charge in [0.2, 0.25) is 18.1 Å². The first kappa shape index (κ1) is 31.3. The molecule has 0 heterocycles. The van der Waals surface area contributed by atoms with Crippen LogP contribution >= 0.6 is 11.6 Å². The lowest BCUT2D eigenvalue weighted by Gasteiger charge is -2.37. The molecule has 9 heteroatoms. The van der Waals surface area contributed by atoms with Crippen LogP contribution in [0.15, 0.2) is 12.7 Å². The number of aldehydes is 1. The van der Waals surface area contributed by atoms with Crippen molar-refractivity contribution in [2.24, 2.45) is 11.8 Å². The molecular formula is C26H43ClO6Si2. The fourth-order valence-corrected chi connectivity index (χ4v) is 7.17. The Morgan fingerprint density at radius 2 is 1.43 bits per heavy atom. The maximum Gasteiger partial charge on any atom is 0.340 e. The highest BCUT2D eigenvalue weighted by molar-refractivity contribution is 6.56. The van der Waals surface area contributed by atoms with Gasteiger partial charge >= 0.3 is 5.97 Å². The van der Waals surface area contributed by atoms with Crippen molar-refractivity contribution in [1.82, 2.24) is 0 Å². The summed E-state index contributed by atoms with van der Waals surface area (Å²) in [6, 6.07) is 0. The van der Waals surface area contributed by atoms with Crippen LogP contribution in [0.1, 0.15) is 76.1 Å².